The first-order valence-corrected chi connectivity index (χ1v) is 7.10. The highest BCUT2D eigenvalue weighted by atomic mass is 15.4. The van der Waals surface area contributed by atoms with Crippen LogP contribution in [0.1, 0.15) is 24.2 Å². The van der Waals surface area contributed by atoms with E-state index in [-0.39, 0.29) is 0 Å². The van der Waals surface area contributed by atoms with Gasteiger partial charge in [-0.1, -0.05) is 6.07 Å². The zero-order chi connectivity index (χ0) is 13.8. The number of nitrogens with two attached hydrogens (primary N) is 1. The standard InChI is InChI=1S/C14H20N6/c15-8-12-4-2-6-20(10-12)14-17-13(18-19-14)7-11-3-1-5-16-9-11/h1,3,5,9,12H,2,4,6-8,10,15H2,(H,17,18,19). The summed E-state index contributed by atoms with van der Waals surface area (Å²) in [6.07, 6.45) is 6.73. The summed E-state index contributed by atoms with van der Waals surface area (Å²) in [7, 11) is 0. The number of pyridine rings is 1. The Bertz CT molecular complexity index is 538. The molecule has 1 aliphatic heterocycles. The Hall–Kier alpha value is -1.95. The van der Waals surface area contributed by atoms with Crippen LogP contribution in [0.25, 0.3) is 0 Å². The Labute approximate surface area is 118 Å². The Balaban J connectivity index is 1.67. The van der Waals surface area contributed by atoms with Crippen LogP contribution in [0.15, 0.2) is 24.5 Å². The van der Waals surface area contributed by atoms with Gasteiger partial charge in [0.1, 0.15) is 5.82 Å². The van der Waals surface area contributed by atoms with Crippen LogP contribution in [0.2, 0.25) is 0 Å². The second kappa shape index (κ2) is 6.00. The summed E-state index contributed by atoms with van der Waals surface area (Å²) >= 11 is 0. The van der Waals surface area contributed by atoms with E-state index in [2.05, 4.69) is 25.1 Å². The molecular weight excluding hydrogens is 252 g/mol. The minimum absolute atomic E-state index is 0.559. The van der Waals surface area contributed by atoms with Crippen molar-refractivity contribution in [3.05, 3.63) is 35.9 Å². The molecule has 1 saturated heterocycles. The van der Waals surface area contributed by atoms with Crippen molar-refractivity contribution in [3.63, 3.8) is 0 Å². The Morgan fingerprint density at radius 2 is 2.40 bits per heavy atom. The number of piperidine rings is 1. The molecule has 0 aromatic carbocycles. The fourth-order valence-corrected chi connectivity index (χ4v) is 2.64. The van der Waals surface area contributed by atoms with Gasteiger partial charge in [0.2, 0.25) is 5.95 Å². The van der Waals surface area contributed by atoms with E-state index in [0.717, 1.165) is 49.8 Å². The molecule has 1 fully saturated rings. The third kappa shape index (κ3) is 2.96. The fraction of sp³-hybridized carbons (Fsp3) is 0.500. The molecular formula is C14H20N6. The minimum atomic E-state index is 0.559. The van der Waals surface area contributed by atoms with Crippen LogP contribution >= 0.6 is 0 Å². The summed E-state index contributed by atoms with van der Waals surface area (Å²) in [4.78, 5) is 10.9. The average Bonchev–Trinajstić information content (AvgIpc) is 2.97. The van der Waals surface area contributed by atoms with Crippen molar-refractivity contribution in [3.8, 4) is 0 Å². The molecule has 1 atom stereocenters. The molecule has 0 spiro atoms. The molecule has 3 heterocycles. The van der Waals surface area contributed by atoms with E-state index < -0.39 is 0 Å². The lowest BCUT2D eigenvalue weighted by Crippen LogP contribution is -2.39. The molecule has 0 bridgehead atoms. The zero-order valence-electron chi connectivity index (χ0n) is 11.5. The van der Waals surface area contributed by atoms with Crippen molar-refractivity contribution in [1.82, 2.24) is 20.2 Å². The number of aromatic nitrogens is 4. The van der Waals surface area contributed by atoms with Gasteiger partial charge in [-0.25, -0.2) is 0 Å². The number of aromatic amines is 1. The van der Waals surface area contributed by atoms with Gasteiger partial charge in [-0.2, -0.15) is 4.98 Å². The number of rotatable bonds is 4. The third-order valence-electron chi connectivity index (χ3n) is 3.75. The largest absolute Gasteiger partial charge is 0.339 e. The molecule has 2 aromatic heterocycles. The average molecular weight is 272 g/mol. The van der Waals surface area contributed by atoms with Gasteiger partial charge in [0.15, 0.2) is 0 Å². The number of nitrogens with zero attached hydrogens (tertiary/aromatic N) is 4. The summed E-state index contributed by atoms with van der Waals surface area (Å²) in [6.45, 7) is 2.71. The first kappa shape index (κ1) is 13.1. The maximum Gasteiger partial charge on any atom is 0.244 e. The number of hydrogen-bond acceptors (Lipinski definition) is 5. The number of anilines is 1. The van der Waals surface area contributed by atoms with E-state index in [0.29, 0.717) is 5.92 Å². The highest BCUT2D eigenvalue weighted by molar-refractivity contribution is 5.30. The molecule has 2 aromatic rings. The molecule has 3 rings (SSSR count). The van der Waals surface area contributed by atoms with Gasteiger partial charge >= 0.3 is 0 Å². The zero-order valence-corrected chi connectivity index (χ0v) is 11.5. The summed E-state index contributed by atoms with van der Waals surface area (Å²) in [5.74, 6) is 2.23. The lowest BCUT2D eigenvalue weighted by Gasteiger charge is -2.31. The summed E-state index contributed by atoms with van der Waals surface area (Å²) in [6, 6.07) is 3.98. The maximum absolute atomic E-state index is 5.77. The van der Waals surface area contributed by atoms with Crippen LogP contribution in [0.5, 0.6) is 0 Å². The lowest BCUT2D eigenvalue weighted by atomic mass is 9.99. The summed E-state index contributed by atoms with van der Waals surface area (Å²) in [5.41, 5.74) is 6.90. The molecule has 0 aliphatic carbocycles. The van der Waals surface area contributed by atoms with E-state index in [1.54, 1.807) is 6.20 Å². The summed E-state index contributed by atoms with van der Waals surface area (Å²) < 4.78 is 0. The van der Waals surface area contributed by atoms with E-state index in [1.807, 2.05) is 18.3 Å². The van der Waals surface area contributed by atoms with E-state index in [1.165, 1.54) is 6.42 Å². The Morgan fingerprint density at radius 1 is 1.45 bits per heavy atom. The van der Waals surface area contributed by atoms with Crippen LogP contribution in [0, 0.1) is 5.92 Å². The summed E-state index contributed by atoms with van der Waals surface area (Å²) in [5, 5.41) is 7.36. The molecule has 106 valence electrons. The Kier molecular flexibility index (Phi) is 3.92. The lowest BCUT2D eigenvalue weighted by molar-refractivity contribution is 0.420. The third-order valence-corrected chi connectivity index (χ3v) is 3.75. The van der Waals surface area contributed by atoms with Crippen LogP contribution in [0.4, 0.5) is 5.95 Å². The van der Waals surface area contributed by atoms with Crippen LogP contribution in [0.3, 0.4) is 0 Å². The van der Waals surface area contributed by atoms with E-state index in [9.17, 15) is 0 Å². The van der Waals surface area contributed by atoms with Crippen LogP contribution in [-0.2, 0) is 6.42 Å². The number of hydrogen-bond donors (Lipinski definition) is 2. The van der Waals surface area contributed by atoms with E-state index >= 15 is 0 Å². The van der Waals surface area contributed by atoms with Crippen molar-refractivity contribution in [2.24, 2.45) is 11.7 Å². The molecule has 6 heteroatoms. The second-order valence-corrected chi connectivity index (χ2v) is 5.31. The predicted molar refractivity (Wildman–Crippen MR) is 77.4 cm³/mol. The quantitative estimate of drug-likeness (QED) is 0.866. The normalized spacial score (nSPS) is 19.2. The van der Waals surface area contributed by atoms with Gasteiger partial charge in [-0.05, 0) is 36.9 Å². The highest BCUT2D eigenvalue weighted by Gasteiger charge is 2.21. The van der Waals surface area contributed by atoms with Crippen molar-refractivity contribution in [2.45, 2.75) is 19.3 Å². The fourth-order valence-electron chi connectivity index (χ4n) is 2.64. The Morgan fingerprint density at radius 3 is 3.20 bits per heavy atom. The van der Waals surface area contributed by atoms with Gasteiger partial charge in [-0.15, -0.1) is 5.10 Å². The number of H-pyrrole nitrogens is 1. The van der Waals surface area contributed by atoms with Crippen molar-refractivity contribution >= 4 is 5.95 Å². The van der Waals surface area contributed by atoms with Gasteiger partial charge < -0.3 is 10.6 Å². The van der Waals surface area contributed by atoms with Gasteiger partial charge in [0.25, 0.3) is 0 Å². The number of nitrogens with one attached hydrogen (secondary N) is 1. The maximum atomic E-state index is 5.77. The molecule has 1 aliphatic rings. The first-order valence-electron chi connectivity index (χ1n) is 7.10. The van der Waals surface area contributed by atoms with Gasteiger partial charge in [-0.3, -0.25) is 10.1 Å². The smallest absolute Gasteiger partial charge is 0.244 e. The predicted octanol–water partition coefficient (Wildman–Crippen LogP) is 0.966. The van der Waals surface area contributed by atoms with Gasteiger partial charge in [0.05, 0.1) is 0 Å². The van der Waals surface area contributed by atoms with Crippen LogP contribution in [-0.4, -0.2) is 39.8 Å². The van der Waals surface area contributed by atoms with Crippen LogP contribution < -0.4 is 10.6 Å². The molecule has 20 heavy (non-hydrogen) atoms. The minimum Gasteiger partial charge on any atom is -0.339 e. The molecule has 0 saturated carbocycles. The van der Waals surface area contributed by atoms with E-state index in [4.69, 9.17) is 5.73 Å². The molecule has 3 N–H and O–H groups in total. The van der Waals surface area contributed by atoms with Gasteiger partial charge in [0, 0.05) is 31.9 Å². The van der Waals surface area contributed by atoms with Crippen molar-refractivity contribution in [1.29, 1.82) is 0 Å². The van der Waals surface area contributed by atoms with Crippen molar-refractivity contribution in [2.75, 3.05) is 24.5 Å². The molecule has 1 unspecified atom stereocenters. The molecule has 6 nitrogen and oxygen atoms in total. The second-order valence-electron chi connectivity index (χ2n) is 5.31. The first-order chi connectivity index (χ1) is 9.85. The molecule has 0 amide bonds. The topological polar surface area (TPSA) is 83.7 Å². The highest BCUT2D eigenvalue weighted by Crippen LogP contribution is 2.19. The SMILES string of the molecule is NCC1CCCN(c2n[nH]c(Cc3cccnc3)n2)C1. The monoisotopic (exact) mass is 272 g/mol. The van der Waals surface area contributed by atoms with Crippen molar-refractivity contribution < 1.29 is 0 Å². The molecule has 0 radical (unpaired) electrons.